The van der Waals surface area contributed by atoms with E-state index in [1.54, 1.807) is 7.11 Å². The number of carbonyl (C=O) groups excluding carboxylic acids is 2. The lowest BCUT2D eigenvalue weighted by atomic mass is 9.87. The van der Waals surface area contributed by atoms with Crippen LogP contribution < -0.4 is 16.4 Å². The molecule has 7 heteroatoms. The lowest BCUT2D eigenvalue weighted by Gasteiger charge is -2.36. The number of imide groups is 1. The summed E-state index contributed by atoms with van der Waals surface area (Å²) >= 11 is 0. The van der Waals surface area contributed by atoms with Gasteiger partial charge in [0.25, 0.3) is 0 Å². The number of nitrogens with two attached hydrogens (primary N) is 1. The Hall–Kier alpha value is -1.18. The van der Waals surface area contributed by atoms with Gasteiger partial charge in [-0.3, -0.25) is 15.0 Å². The highest BCUT2D eigenvalue weighted by molar-refractivity contribution is 5.95. The van der Waals surface area contributed by atoms with E-state index in [4.69, 9.17) is 10.5 Å². The number of piperidine rings is 1. The van der Waals surface area contributed by atoms with E-state index in [2.05, 4.69) is 22.5 Å². The molecule has 4 N–H and O–H groups in total. The van der Waals surface area contributed by atoms with Gasteiger partial charge in [-0.25, -0.2) is 4.79 Å². The van der Waals surface area contributed by atoms with Crippen LogP contribution >= 0.6 is 0 Å². The predicted molar refractivity (Wildman–Crippen MR) is 76.2 cm³/mol. The molecule has 20 heavy (non-hydrogen) atoms. The number of ether oxygens (including phenoxy) is 1. The number of hydrogen-bond donors (Lipinski definition) is 3. The van der Waals surface area contributed by atoms with Gasteiger partial charge in [-0.1, -0.05) is 6.92 Å². The van der Waals surface area contributed by atoms with Gasteiger partial charge in [-0.2, -0.15) is 0 Å². The van der Waals surface area contributed by atoms with E-state index in [1.165, 1.54) is 0 Å². The van der Waals surface area contributed by atoms with Crippen LogP contribution in [0.2, 0.25) is 0 Å². The molecule has 0 saturated carbocycles. The van der Waals surface area contributed by atoms with Crippen molar-refractivity contribution < 1.29 is 14.3 Å². The van der Waals surface area contributed by atoms with Crippen molar-refractivity contribution in [2.45, 2.75) is 13.3 Å². The number of amides is 3. The molecule has 0 aliphatic carbocycles. The average Bonchev–Trinajstić information content (AvgIpc) is 2.41. The standard InChI is InChI=1S/C13H26N4O3/c1-10-3-5-17(8-11(10)7-14)9-12(18)16-13(19)15-4-6-20-2/h10-11H,3-9,14H2,1-2H3,(H2,15,16,18,19). The summed E-state index contributed by atoms with van der Waals surface area (Å²) in [5.74, 6) is 0.731. The van der Waals surface area contributed by atoms with Crippen LogP contribution in [0.1, 0.15) is 13.3 Å². The highest BCUT2D eigenvalue weighted by Crippen LogP contribution is 2.21. The Morgan fingerprint density at radius 2 is 2.20 bits per heavy atom. The fraction of sp³-hybridized carbons (Fsp3) is 0.846. The molecule has 1 aliphatic heterocycles. The molecule has 0 radical (unpaired) electrons. The quantitative estimate of drug-likeness (QED) is 0.565. The van der Waals surface area contributed by atoms with E-state index in [9.17, 15) is 9.59 Å². The van der Waals surface area contributed by atoms with Crippen molar-refractivity contribution in [1.82, 2.24) is 15.5 Å². The minimum Gasteiger partial charge on any atom is -0.383 e. The zero-order chi connectivity index (χ0) is 15.0. The van der Waals surface area contributed by atoms with E-state index in [1.807, 2.05) is 0 Å². The van der Waals surface area contributed by atoms with Gasteiger partial charge < -0.3 is 15.8 Å². The highest BCUT2D eigenvalue weighted by atomic mass is 16.5. The number of urea groups is 1. The van der Waals surface area contributed by atoms with Crippen LogP contribution in [0.5, 0.6) is 0 Å². The summed E-state index contributed by atoms with van der Waals surface area (Å²) in [5, 5.41) is 4.86. The first-order chi connectivity index (χ1) is 9.56. The van der Waals surface area contributed by atoms with Crippen LogP contribution in [-0.4, -0.2) is 63.3 Å². The summed E-state index contributed by atoms with van der Waals surface area (Å²) in [6.45, 7) is 5.55. The summed E-state index contributed by atoms with van der Waals surface area (Å²) in [6.07, 6.45) is 1.04. The van der Waals surface area contributed by atoms with Crippen molar-refractivity contribution in [3.05, 3.63) is 0 Å². The van der Waals surface area contributed by atoms with E-state index in [0.29, 0.717) is 31.5 Å². The van der Waals surface area contributed by atoms with Crippen LogP contribution in [0.15, 0.2) is 0 Å². The number of carbonyl (C=O) groups is 2. The van der Waals surface area contributed by atoms with Crippen LogP contribution in [0.4, 0.5) is 4.79 Å². The maximum Gasteiger partial charge on any atom is 0.321 e. The van der Waals surface area contributed by atoms with Crippen molar-refractivity contribution >= 4 is 11.9 Å². The second kappa shape index (κ2) is 8.89. The number of nitrogens with one attached hydrogen (secondary N) is 2. The molecular weight excluding hydrogens is 260 g/mol. The molecule has 1 rings (SSSR count). The second-order valence-electron chi connectivity index (χ2n) is 5.29. The normalized spacial score (nSPS) is 23.4. The van der Waals surface area contributed by atoms with Crippen LogP contribution in [0.25, 0.3) is 0 Å². The van der Waals surface area contributed by atoms with Crippen LogP contribution in [0, 0.1) is 11.8 Å². The Balaban J connectivity index is 2.26. The first-order valence-electron chi connectivity index (χ1n) is 7.05. The van der Waals surface area contributed by atoms with E-state index in [0.717, 1.165) is 19.5 Å². The van der Waals surface area contributed by atoms with Gasteiger partial charge in [-0.15, -0.1) is 0 Å². The predicted octanol–water partition coefficient (Wildman–Crippen LogP) is -0.625. The number of nitrogens with zero attached hydrogens (tertiary/aromatic N) is 1. The molecule has 0 aromatic heterocycles. The number of likely N-dealkylation sites (tertiary alicyclic amines) is 1. The van der Waals surface area contributed by atoms with Crippen LogP contribution in [0.3, 0.4) is 0 Å². The highest BCUT2D eigenvalue weighted by Gasteiger charge is 2.26. The zero-order valence-corrected chi connectivity index (χ0v) is 12.4. The fourth-order valence-electron chi connectivity index (χ4n) is 2.36. The summed E-state index contributed by atoms with van der Waals surface area (Å²) in [5.41, 5.74) is 5.73. The number of methoxy groups -OCH3 is 1. The van der Waals surface area contributed by atoms with Gasteiger partial charge in [0.05, 0.1) is 13.2 Å². The third-order valence-corrected chi connectivity index (χ3v) is 3.71. The largest absolute Gasteiger partial charge is 0.383 e. The molecule has 0 aromatic rings. The van der Waals surface area contributed by atoms with Gasteiger partial charge in [0.15, 0.2) is 0 Å². The molecule has 7 nitrogen and oxygen atoms in total. The molecule has 116 valence electrons. The molecule has 1 aliphatic rings. The Labute approximate surface area is 120 Å². The van der Waals surface area contributed by atoms with Crippen molar-refractivity contribution in [2.24, 2.45) is 17.6 Å². The Morgan fingerprint density at radius 1 is 1.45 bits per heavy atom. The maximum atomic E-state index is 11.8. The Morgan fingerprint density at radius 3 is 2.85 bits per heavy atom. The first-order valence-corrected chi connectivity index (χ1v) is 7.05. The molecule has 2 unspecified atom stereocenters. The third kappa shape index (κ3) is 5.85. The van der Waals surface area contributed by atoms with Crippen molar-refractivity contribution in [3.63, 3.8) is 0 Å². The van der Waals surface area contributed by atoms with Crippen molar-refractivity contribution in [3.8, 4) is 0 Å². The Bertz CT molecular complexity index is 325. The topological polar surface area (TPSA) is 96.7 Å². The minimum atomic E-state index is -0.479. The van der Waals surface area contributed by atoms with E-state index in [-0.39, 0.29) is 12.5 Å². The van der Waals surface area contributed by atoms with Gasteiger partial charge in [0.2, 0.25) is 5.91 Å². The summed E-state index contributed by atoms with van der Waals surface area (Å²) in [6, 6.07) is -0.479. The van der Waals surface area contributed by atoms with Gasteiger partial charge in [-0.05, 0) is 31.3 Å². The van der Waals surface area contributed by atoms with E-state index < -0.39 is 6.03 Å². The lowest BCUT2D eigenvalue weighted by molar-refractivity contribution is -0.121. The molecule has 0 aromatic carbocycles. The molecule has 1 heterocycles. The summed E-state index contributed by atoms with van der Waals surface area (Å²) < 4.78 is 4.81. The third-order valence-electron chi connectivity index (χ3n) is 3.71. The van der Waals surface area contributed by atoms with Gasteiger partial charge in [0, 0.05) is 20.2 Å². The molecule has 1 fully saturated rings. The zero-order valence-electron chi connectivity index (χ0n) is 12.4. The average molecular weight is 286 g/mol. The van der Waals surface area contributed by atoms with Crippen molar-refractivity contribution in [2.75, 3.05) is 46.4 Å². The molecule has 3 amide bonds. The smallest absolute Gasteiger partial charge is 0.321 e. The summed E-state index contributed by atoms with van der Waals surface area (Å²) in [7, 11) is 1.55. The van der Waals surface area contributed by atoms with Crippen molar-refractivity contribution in [1.29, 1.82) is 0 Å². The molecule has 0 bridgehead atoms. The first kappa shape index (κ1) is 16.9. The van der Waals surface area contributed by atoms with Gasteiger partial charge >= 0.3 is 6.03 Å². The SMILES string of the molecule is COCCNC(=O)NC(=O)CN1CCC(C)C(CN)C1. The lowest BCUT2D eigenvalue weighted by Crippen LogP contribution is -2.49. The second-order valence-corrected chi connectivity index (χ2v) is 5.29. The minimum absolute atomic E-state index is 0.237. The summed E-state index contributed by atoms with van der Waals surface area (Å²) in [4.78, 5) is 25.2. The molecular formula is C13H26N4O3. The monoisotopic (exact) mass is 286 g/mol. The molecule has 2 atom stereocenters. The molecule has 1 saturated heterocycles. The Kier molecular flexibility index (Phi) is 7.50. The maximum absolute atomic E-state index is 11.8. The van der Waals surface area contributed by atoms with Crippen LogP contribution in [-0.2, 0) is 9.53 Å². The number of hydrogen-bond acceptors (Lipinski definition) is 5. The fourth-order valence-corrected chi connectivity index (χ4v) is 2.36. The van der Waals surface area contributed by atoms with Gasteiger partial charge in [0.1, 0.15) is 0 Å². The number of rotatable bonds is 6. The molecule has 0 spiro atoms. The van der Waals surface area contributed by atoms with E-state index >= 15 is 0 Å².